The van der Waals surface area contributed by atoms with E-state index in [9.17, 15) is 9.59 Å². The van der Waals surface area contributed by atoms with Crippen molar-refractivity contribution < 1.29 is 9.21 Å². The van der Waals surface area contributed by atoms with Gasteiger partial charge in [0.2, 0.25) is 5.91 Å². The number of amides is 1. The van der Waals surface area contributed by atoms with Crippen LogP contribution in [-0.2, 0) is 11.3 Å². The van der Waals surface area contributed by atoms with Crippen molar-refractivity contribution >= 4 is 39.9 Å². The molecule has 0 aliphatic rings. The first-order valence-corrected chi connectivity index (χ1v) is 8.57. The Morgan fingerprint density at radius 1 is 1.12 bits per heavy atom. The minimum absolute atomic E-state index is 0.174. The van der Waals surface area contributed by atoms with E-state index in [2.05, 4.69) is 10.6 Å². The number of halogens is 1. The van der Waals surface area contributed by atoms with E-state index in [1.165, 1.54) is 13.0 Å². The maximum atomic E-state index is 12.0. The van der Waals surface area contributed by atoms with Crippen LogP contribution in [0, 0.1) is 13.8 Å². The molecule has 0 radical (unpaired) electrons. The van der Waals surface area contributed by atoms with Crippen LogP contribution in [0.15, 0.2) is 45.6 Å². The zero-order chi connectivity index (χ0) is 18.8. The third kappa shape index (κ3) is 3.73. The van der Waals surface area contributed by atoms with Gasteiger partial charge in [-0.2, -0.15) is 0 Å². The van der Waals surface area contributed by atoms with Gasteiger partial charge >= 0.3 is 5.63 Å². The molecule has 0 saturated heterocycles. The van der Waals surface area contributed by atoms with Gasteiger partial charge in [-0.15, -0.1) is 0 Å². The molecule has 0 aliphatic heterocycles. The van der Waals surface area contributed by atoms with Crippen LogP contribution in [0.5, 0.6) is 0 Å². The van der Waals surface area contributed by atoms with Gasteiger partial charge in [0.15, 0.2) is 0 Å². The van der Waals surface area contributed by atoms with Crippen LogP contribution in [0.25, 0.3) is 11.0 Å². The average molecular weight is 371 g/mol. The monoisotopic (exact) mass is 370 g/mol. The molecule has 26 heavy (non-hydrogen) atoms. The standard InChI is InChI=1S/C20H19ClN2O3/c1-11-4-6-16-14(8-19(25)26-20(16)12(11)2)10-22-18-9-15(21)5-7-17(18)23-13(3)24/h4-9,22H,10H2,1-3H3,(H,23,24). The zero-order valence-electron chi connectivity index (χ0n) is 14.8. The Morgan fingerprint density at radius 2 is 1.88 bits per heavy atom. The maximum Gasteiger partial charge on any atom is 0.336 e. The largest absolute Gasteiger partial charge is 0.422 e. The number of benzene rings is 2. The van der Waals surface area contributed by atoms with Crippen LogP contribution in [0.3, 0.4) is 0 Å². The normalized spacial score (nSPS) is 10.8. The van der Waals surface area contributed by atoms with Crippen LogP contribution in [0.4, 0.5) is 11.4 Å². The van der Waals surface area contributed by atoms with E-state index in [1.54, 1.807) is 18.2 Å². The predicted octanol–water partition coefficient (Wildman–Crippen LogP) is 4.63. The Hall–Kier alpha value is -2.79. The van der Waals surface area contributed by atoms with Gasteiger partial charge in [0.25, 0.3) is 0 Å². The van der Waals surface area contributed by atoms with Crippen molar-refractivity contribution in [3.8, 4) is 0 Å². The fourth-order valence-electron chi connectivity index (χ4n) is 2.82. The Morgan fingerprint density at radius 3 is 2.62 bits per heavy atom. The quantitative estimate of drug-likeness (QED) is 0.656. The molecule has 0 spiro atoms. The Kier molecular flexibility index (Phi) is 5.00. The van der Waals surface area contributed by atoms with Crippen molar-refractivity contribution in [3.63, 3.8) is 0 Å². The van der Waals surface area contributed by atoms with Gasteiger partial charge in [-0.1, -0.05) is 23.7 Å². The number of hydrogen-bond acceptors (Lipinski definition) is 4. The van der Waals surface area contributed by atoms with Crippen molar-refractivity contribution in [1.29, 1.82) is 0 Å². The van der Waals surface area contributed by atoms with Crippen LogP contribution in [0.1, 0.15) is 23.6 Å². The van der Waals surface area contributed by atoms with E-state index in [1.807, 2.05) is 26.0 Å². The van der Waals surface area contributed by atoms with Crippen molar-refractivity contribution in [2.75, 3.05) is 10.6 Å². The molecule has 0 saturated carbocycles. The Labute approximate surface area is 156 Å². The number of rotatable bonds is 4. The van der Waals surface area contributed by atoms with E-state index in [4.69, 9.17) is 16.0 Å². The van der Waals surface area contributed by atoms with Crippen LogP contribution in [-0.4, -0.2) is 5.91 Å². The number of fused-ring (bicyclic) bond motifs is 1. The number of carbonyl (C=O) groups is 1. The summed E-state index contributed by atoms with van der Waals surface area (Å²) in [7, 11) is 0. The lowest BCUT2D eigenvalue weighted by Gasteiger charge is -2.14. The molecule has 134 valence electrons. The van der Waals surface area contributed by atoms with E-state index < -0.39 is 5.63 Å². The van der Waals surface area contributed by atoms with Crippen molar-refractivity contribution in [1.82, 2.24) is 0 Å². The number of nitrogens with one attached hydrogen (secondary N) is 2. The van der Waals surface area contributed by atoms with Gasteiger partial charge in [-0.25, -0.2) is 4.79 Å². The van der Waals surface area contributed by atoms with Crippen molar-refractivity contribution in [2.45, 2.75) is 27.3 Å². The highest BCUT2D eigenvalue weighted by Crippen LogP contribution is 2.28. The second-order valence-corrected chi connectivity index (χ2v) is 6.64. The van der Waals surface area contributed by atoms with Crippen LogP contribution < -0.4 is 16.3 Å². The molecule has 2 N–H and O–H groups in total. The molecule has 1 heterocycles. The fraction of sp³-hybridized carbons (Fsp3) is 0.200. The first kappa shape index (κ1) is 18.0. The van der Waals surface area contributed by atoms with Gasteiger partial charge in [0.1, 0.15) is 5.58 Å². The molecule has 3 rings (SSSR count). The minimum atomic E-state index is -0.392. The lowest BCUT2D eigenvalue weighted by molar-refractivity contribution is -0.114. The third-order valence-corrected chi connectivity index (χ3v) is 4.51. The van der Waals surface area contributed by atoms with Crippen molar-refractivity contribution in [3.05, 3.63) is 68.5 Å². The summed E-state index contributed by atoms with van der Waals surface area (Å²) in [5.41, 5.74) is 4.34. The summed E-state index contributed by atoms with van der Waals surface area (Å²) in [5.74, 6) is -0.174. The molecule has 5 nitrogen and oxygen atoms in total. The topological polar surface area (TPSA) is 71.3 Å². The molecular formula is C20H19ClN2O3. The first-order valence-electron chi connectivity index (χ1n) is 8.19. The van der Waals surface area contributed by atoms with E-state index in [0.717, 1.165) is 22.1 Å². The summed E-state index contributed by atoms with van der Waals surface area (Å²) in [4.78, 5) is 23.4. The highest BCUT2D eigenvalue weighted by Gasteiger charge is 2.11. The molecule has 3 aromatic rings. The Balaban J connectivity index is 1.98. The molecule has 6 heteroatoms. The number of anilines is 2. The molecule has 1 aromatic heterocycles. The van der Waals surface area contributed by atoms with E-state index in [-0.39, 0.29) is 5.91 Å². The van der Waals surface area contributed by atoms with Gasteiger partial charge < -0.3 is 15.1 Å². The second-order valence-electron chi connectivity index (χ2n) is 6.20. The predicted molar refractivity (Wildman–Crippen MR) is 105 cm³/mol. The summed E-state index contributed by atoms with van der Waals surface area (Å²) in [5, 5.41) is 7.44. The summed E-state index contributed by atoms with van der Waals surface area (Å²) < 4.78 is 5.40. The molecule has 0 fully saturated rings. The van der Waals surface area contributed by atoms with Crippen LogP contribution >= 0.6 is 11.6 Å². The van der Waals surface area contributed by atoms with Gasteiger partial charge in [0, 0.05) is 29.9 Å². The molecular weight excluding hydrogens is 352 g/mol. The molecule has 0 atom stereocenters. The van der Waals surface area contributed by atoms with E-state index in [0.29, 0.717) is 28.5 Å². The molecule has 0 aliphatic carbocycles. The number of carbonyl (C=O) groups excluding carboxylic acids is 1. The lowest BCUT2D eigenvalue weighted by atomic mass is 10.0. The summed E-state index contributed by atoms with van der Waals surface area (Å²) in [6, 6.07) is 10.6. The smallest absolute Gasteiger partial charge is 0.336 e. The number of aryl methyl sites for hydroxylation is 2. The first-order chi connectivity index (χ1) is 12.3. The highest BCUT2D eigenvalue weighted by atomic mass is 35.5. The zero-order valence-corrected chi connectivity index (χ0v) is 15.5. The van der Waals surface area contributed by atoms with Gasteiger partial charge in [-0.3, -0.25) is 4.79 Å². The third-order valence-electron chi connectivity index (χ3n) is 4.28. The average Bonchev–Trinajstić information content (AvgIpc) is 2.58. The number of hydrogen-bond donors (Lipinski definition) is 2. The minimum Gasteiger partial charge on any atom is -0.422 e. The van der Waals surface area contributed by atoms with Crippen molar-refractivity contribution in [2.24, 2.45) is 0 Å². The summed E-state index contributed by atoms with van der Waals surface area (Å²) in [6.07, 6.45) is 0. The maximum absolute atomic E-state index is 12.0. The Bertz CT molecular complexity index is 1060. The molecule has 2 aromatic carbocycles. The fourth-order valence-corrected chi connectivity index (χ4v) is 2.99. The summed E-state index contributed by atoms with van der Waals surface area (Å²) in [6.45, 7) is 5.74. The van der Waals surface area contributed by atoms with Gasteiger partial charge in [-0.05, 0) is 48.7 Å². The SMILES string of the molecule is CC(=O)Nc1ccc(Cl)cc1NCc1cc(=O)oc2c(C)c(C)ccc12. The van der Waals surface area contributed by atoms with E-state index >= 15 is 0 Å². The molecule has 0 unspecified atom stereocenters. The molecule has 1 amide bonds. The van der Waals surface area contributed by atoms with Crippen LogP contribution in [0.2, 0.25) is 5.02 Å². The highest BCUT2D eigenvalue weighted by molar-refractivity contribution is 6.31. The summed E-state index contributed by atoms with van der Waals surface area (Å²) >= 11 is 6.08. The molecule has 0 bridgehead atoms. The lowest BCUT2D eigenvalue weighted by Crippen LogP contribution is -2.11. The second kappa shape index (κ2) is 7.22. The van der Waals surface area contributed by atoms with Gasteiger partial charge in [0.05, 0.1) is 11.4 Å².